The molecule has 9 nitrogen and oxygen atoms in total. The molecular formula is C22H22BrClN4O5S. The third kappa shape index (κ3) is 4.58. The molecule has 0 radical (unpaired) electrons. The van der Waals surface area contributed by atoms with Gasteiger partial charge in [-0.25, -0.2) is 8.42 Å². The first-order valence-electron chi connectivity index (χ1n) is 10.4. The second-order valence-electron chi connectivity index (χ2n) is 7.97. The molecule has 1 heterocycles. The molecule has 4 rings (SSSR count). The molecule has 0 amide bonds. The number of aromatic hydroxyl groups is 1. The Morgan fingerprint density at radius 3 is 2.26 bits per heavy atom. The maximum atomic E-state index is 13.4. The van der Waals surface area contributed by atoms with Crippen molar-refractivity contribution in [3.63, 3.8) is 0 Å². The van der Waals surface area contributed by atoms with Crippen molar-refractivity contribution in [1.82, 2.24) is 9.21 Å². The van der Waals surface area contributed by atoms with E-state index in [0.717, 1.165) is 6.54 Å². The predicted molar refractivity (Wildman–Crippen MR) is 136 cm³/mol. The maximum Gasteiger partial charge on any atom is 0.253 e. The lowest BCUT2D eigenvalue weighted by Gasteiger charge is -2.23. The number of benzene rings is 2. The Hall–Kier alpha value is -2.44. The average Bonchev–Trinajstić information content (AvgIpc) is 3.03. The number of sulfonamides is 1. The molecule has 3 N–H and O–H groups in total. The van der Waals surface area contributed by atoms with Gasteiger partial charge in [0.1, 0.15) is 16.3 Å². The van der Waals surface area contributed by atoms with E-state index in [9.17, 15) is 23.1 Å². The second kappa shape index (κ2) is 9.67. The minimum atomic E-state index is -4.11. The van der Waals surface area contributed by atoms with Crippen LogP contribution < -0.4 is 21.5 Å². The number of nitrogens with zero attached hydrogens (tertiary/aromatic N) is 2. The third-order valence-corrected chi connectivity index (χ3v) is 8.76. The zero-order chi connectivity index (χ0) is 24.6. The number of phenolic OH excluding ortho intramolecular Hbond substituents is 1. The standard InChI is InChI=1S/C22H22BrClN4O5S/c1-27-9-4-10-28(12-11-27)34(32,33)22-14(24)7-8-16(19(22)29)26-18-17(20(30)21(18)31)25-15-6-3-2-5-13(15)23/h2-3,5-8,25-26,29H,4,9-12H2,1H3. The molecule has 0 bridgehead atoms. The molecule has 34 heavy (non-hydrogen) atoms. The summed E-state index contributed by atoms with van der Waals surface area (Å²) in [5.41, 5.74) is -1.09. The number of hydrogen-bond acceptors (Lipinski definition) is 8. The quantitative estimate of drug-likeness (QED) is 0.306. The van der Waals surface area contributed by atoms with E-state index in [4.69, 9.17) is 11.6 Å². The van der Waals surface area contributed by atoms with Gasteiger partial charge in [0.15, 0.2) is 5.75 Å². The molecule has 1 saturated heterocycles. The number of para-hydroxylation sites is 1. The van der Waals surface area contributed by atoms with E-state index in [2.05, 4.69) is 26.6 Å². The summed E-state index contributed by atoms with van der Waals surface area (Å²) in [6.07, 6.45) is 0.639. The predicted octanol–water partition coefficient (Wildman–Crippen LogP) is 3.22. The number of halogens is 2. The molecule has 3 aromatic carbocycles. The Bertz CT molecular complexity index is 1420. The molecule has 0 atom stereocenters. The molecule has 0 aromatic heterocycles. The number of nitrogens with one attached hydrogen (secondary N) is 2. The first-order valence-corrected chi connectivity index (χ1v) is 13.0. The zero-order valence-corrected chi connectivity index (χ0v) is 21.3. The first-order chi connectivity index (χ1) is 16.1. The summed E-state index contributed by atoms with van der Waals surface area (Å²) in [4.78, 5) is 26.0. The van der Waals surface area contributed by atoms with Crippen LogP contribution in [0.5, 0.6) is 5.75 Å². The monoisotopic (exact) mass is 568 g/mol. The fraction of sp³-hybridized carbons (Fsp3) is 0.273. The van der Waals surface area contributed by atoms with Crippen molar-refractivity contribution in [2.24, 2.45) is 0 Å². The van der Waals surface area contributed by atoms with E-state index in [-0.39, 0.29) is 35.2 Å². The summed E-state index contributed by atoms with van der Waals surface area (Å²) >= 11 is 9.58. The van der Waals surface area contributed by atoms with Gasteiger partial charge in [0.05, 0.1) is 16.4 Å². The molecule has 0 spiro atoms. The van der Waals surface area contributed by atoms with Crippen molar-refractivity contribution < 1.29 is 13.5 Å². The Morgan fingerprint density at radius 1 is 0.941 bits per heavy atom. The number of hydrogen-bond donors (Lipinski definition) is 3. The van der Waals surface area contributed by atoms with E-state index >= 15 is 0 Å². The highest BCUT2D eigenvalue weighted by Gasteiger charge is 2.33. The topological polar surface area (TPSA) is 119 Å². The minimum absolute atomic E-state index is 0.00575. The molecular weight excluding hydrogens is 548 g/mol. The van der Waals surface area contributed by atoms with Gasteiger partial charge in [-0.05, 0) is 60.2 Å². The Labute approximate surface area is 209 Å². The second-order valence-corrected chi connectivity index (χ2v) is 11.1. The molecule has 12 heteroatoms. The Balaban J connectivity index is 1.68. The van der Waals surface area contributed by atoms with Gasteiger partial charge in [-0.15, -0.1) is 0 Å². The van der Waals surface area contributed by atoms with Crippen LogP contribution in [0.25, 0.3) is 0 Å². The highest BCUT2D eigenvalue weighted by molar-refractivity contribution is 9.10. The van der Waals surface area contributed by atoms with E-state index in [1.165, 1.54) is 16.4 Å². The van der Waals surface area contributed by atoms with Gasteiger partial charge < -0.3 is 20.6 Å². The van der Waals surface area contributed by atoms with Gasteiger partial charge in [-0.1, -0.05) is 23.7 Å². The van der Waals surface area contributed by atoms with Gasteiger partial charge in [0, 0.05) is 24.1 Å². The molecule has 1 aliphatic rings. The van der Waals surface area contributed by atoms with E-state index < -0.39 is 31.5 Å². The summed E-state index contributed by atoms with van der Waals surface area (Å²) in [5, 5.41) is 16.4. The maximum absolute atomic E-state index is 13.4. The molecule has 0 unspecified atom stereocenters. The largest absolute Gasteiger partial charge is 0.504 e. The molecule has 0 saturated carbocycles. The van der Waals surface area contributed by atoms with Gasteiger partial charge >= 0.3 is 0 Å². The summed E-state index contributed by atoms with van der Waals surface area (Å²) in [6.45, 7) is 1.84. The van der Waals surface area contributed by atoms with Crippen LogP contribution in [0, 0.1) is 0 Å². The van der Waals surface area contributed by atoms with Gasteiger partial charge in [-0.3, -0.25) is 9.59 Å². The van der Waals surface area contributed by atoms with Crippen molar-refractivity contribution in [2.45, 2.75) is 11.3 Å². The van der Waals surface area contributed by atoms with Crippen molar-refractivity contribution >= 4 is 60.3 Å². The number of likely N-dealkylation sites (N-methyl/N-ethyl adjacent to an activating group) is 1. The molecule has 1 aliphatic heterocycles. The van der Waals surface area contributed by atoms with Crippen LogP contribution in [-0.4, -0.2) is 56.0 Å². The van der Waals surface area contributed by atoms with Crippen LogP contribution in [-0.2, 0) is 10.0 Å². The van der Waals surface area contributed by atoms with Gasteiger partial charge in [0.25, 0.3) is 10.9 Å². The van der Waals surface area contributed by atoms with Gasteiger partial charge in [0.2, 0.25) is 10.0 Å². The van der Waals surface area contributed by atoms with Crippen LogP contribution in [0.15, 0.2) is 55.4 Å². The van der Waals surface area contributed by atoms with E-state index in [1.54, 1.807) is 24.3 Å². The van der Waals surface area contributed by atoms with Crippen LogP contribution in [0.2, 0.25) is 5.02 Å². The highest BCUT2D eigenvalue weighted by atomic mass is 79.9. The van der Waals surface area contributed by atoms with Crippen LogP contribution in [0.1, 0.15) is 6.42 Å². The highest BCUT2D eigenvalue weighted by Crippen LogP contribution is 2.40. The summed E-state index contributed by atoms with van der Waals surface area (Å²) in [6, 6.07) is 9.72. The Kier molecular flexibility index (Phi) is 7.02. The Morgan fingerprint density at radius 2 is 1.59 bits per heavy atom. The van der Waals surface area contributed by atoms with Crippen LogP contribution >= 0.6 is 27.5 Å². The smallest absolute Gasteiger partial charge is 0.253 e. The molecule has 1 fully saturated rings. The number of anilines is 4. The lowest BCUT2D eigenvalue weighted by molar-refractivity contribution is 0.346. The van der Waals surface area contributed by atoms with Gasteiger partial charge in [-0.2, -0.15) is 4.31 Å². The third-order valence-electron chi connectivity index (χ3n) is 5.66. The van der Waals surface area contributed by atoms with Crippen LogP contribution in [0.4, 0.5) is 22.7 Å². The number of phenols is 1. The lowest BCUT2D eigenvalue weighted by atomic mass is 10.1. The lowest BCUT2D eigenvalue weighted by Crippen LogP contribution is -2.36. The minimum Gasteiger partial charge on any atom is -0.504 e. The molecule has 0 aliphatic carbocycles. The SMILES string of the molecule is CN1CCCN(S(=O)(=O)c2c(Cl)ccc(Nc3c(Nc4ccccc4Br)c(=O)c3=O)c2O)CC1. The average molecular weight is 570 g/mol. The fourth-order valence-electron chi connectivity index (χ4n) is 3.75. The van der Waals surface area contributed by atoms with Crippen molar-refractivity contribution in [1.29, 1.82) is 0 Å². The summed E-state index contributed by atoms with van der Waals surface area (Å²) in [7, 11) is -2.20. The molecule has 180 valence electrons. The first kappa shape index (κ1) is 24.7. The normalized spacial score (nSPS) is 15.9. The van der Waals surface area contributed by atoms with Crippen molar-refractivity contribution in [3.05, 3.63) is 66.3 Å². The van der Waals surface area contributed by atoms with Crippen molar-refractivity contribution in [3.8, 4) is 5.75 Å². The van der Waals surface area contributed by atoms with Crippen molar-refractivity contribution in [2.75, 3.05) is 43.9 Å². The summed E-state index contributed by atoms with van der Waals surface area (Å²) in [5.74, 6) is -0.620. The van der Waals surface area contributed by atoms with Crippen LogP contribution in [0.3, 0.4) is 0 Å². The molecule has 3 aromatic rings. The zero-order valence-electron chi connectivity index (χ0n) is 18.1. The number of rotatable bonds is 6. The summed E-state index contributed by atoms with van der Waals surface area (Å²) < 4.78 is 28.7. The fourth-order valence-corrected chi connectivity index (χ4v) is 6.19. The van der Waals surface area contributed by atoms with E-state index in [0.29, 0.717) is 23.1 Å². The van der Waals surface area contributed by atoms with E-state index in [1.807, 2.05) is 11.9 Å².